The summed E-state index contributed by atoms with van der Waals surface area (Å²) >= 11 is 2.83. The van der Waals surface area contributed by atoms with Gasteiger partial charge in [-0.3, -0.25) is 5.14 Å². The van der Waals surface area contributed by atoms with Crippen LogP contribution in [-0.4, -0.2) is 4.98 Å². The Labute approximate surface area is 78.7 Å². The number of thiazole rings is 1. The zero-order chi connectivity index (χ0) is 7.68. The van der Waals surface area contributed by atoms with Gasteiger partial charge in [-0.15, -0.1) is 11.3 Å². The summed E-state index contributed by atoms with van der Waals surface area (Å²) in [5.74, 6) is 0. The summed E-state index contributed by atoms with van der Waals surface area (Å²) in [5.41, 5.74) is 1.03. The molecule has 0 saturated heterocycles. The molecule has 0 amide bonds. The third kappa shape index (κ3) is 1.59. The van der Waals surface area contributed by atoms with Crippen LogP contribution in [-0.2, 0) is 0 Å². The molecule has 5 heteroatoms. The number of fused-ring (bicyclic) bond motifs is 1. The van der Waals surface area contributed by atoms with Crippen molar-refractivity contribution in [1.29, 1.82) is 0 Å². The van der Waals surface area contributed by atoms with Gasteiger partial charge in [0.2, 0.25) is 0 Å². The van der Waals surface area contributed by atoms with Crippen LogP contribution in [0.15, 0.2) is 28.6 Å². The second-order valence-corrected chi connectivity index (χ2v) is 3.98. The fourth-order valence-electron chi connectivity index (χ4n) is 0.901. The largest absolute Gasteiger partial charge is 0.344 e. The number of benzene rings is 1. The first-order valence-electron chi connectivity index (χ1n) is 3.12. The predicted molar refractivity (Wildman–Crippen MR) is 54.7 cm³/mol. The highest BCUT2D eigenvalue weighted by Gasteiger charge is 1.99. The Bertz CT molecular complexity index is 338. The summed E-state index contributed by atoms with van der Waals surface area (Å²) < 4.78 is 2.12. The highest BCUT2D eigenvalue weighted by molar-refractivity contribution is 7.99. The summed E-state index contributed by atoms with van der Waals surface area (Å²) in [6.07, 6.45) is 0. The highest BCUT2D eigenvalue weighted by Crippen LogP contribution is 2.25. The van der Waals surface area contributed by atoms with Crippen molar-refractivity contribution in [3.63, 3.8) is 0 Å². The maximum Gasteiger partial charge on any atom is 0.165 e. The molecule has 0 aliphatic rings. The van der Waals surface area contributed by atoms with Gasteiger partial charge in [-0.1, -0.05) is 12.1 Å². The van der Waals surface area contributed by atoms with Gasteiger partial charge >= 0.3 is 0 Å². The van der Waals surface area contributed by atoms with Crippen molar-refractivity contribution in [1.82, 2.24) is 11.1 Å². The quantitative estimate of drug-likeness (QED) is 0.692. The second kappa shape index (κ2) is 3.86. The van der Waals surface area contributed by atoms with Crippen molar-refractivity contribution in [3.8, 4) is 0 Å². The van der Waals surface area contributed by atoms with E-state index in [0.29, 0.717) is 0 Å². The van der Waals surface area contributed by atoms with Crippen LogP contribution in [0.4, 0.5) is 0 Å². The van der Waals surface area contributed by atoms with Crippen molar-refractivity contribution in [2.75, 3.05) is 0 Å². The molecule has 0 bridgehead atoms. The van der Waals surface area contributed by atoms with E-state index in [1.165, 1.54) is 16.6 Å². The van der Waals surface area contributed by atoms with E-state index in [-0.39, 0.29) is 6.15 Å². The van der Waals surface area contributed by atoms with Crippen molar-refractivity contribution in [3.05, 3.63) is 24.3 Å². The Balaban J connectivity index is 0.000000720. The van der Waals surface area contributed by atoms with Gasteiger partial charge in [0.15, 0.2) is 4.34 Å². The maximum absolute atomic E-state index is 5.38. The van der Waals surface area contributed by atoms with E-state index in [1.807, 2.05) is 24.3 Å². The Morgan fingerprint density at radius 2 is 2.08 bits per heavy atom. The molecule has 0 atom stereocenters. The average molecular weight is 199 g/mol. The molecular formula is C7H9N3S2. The zero-order valence-electron chi connectivity index (χ0n) is 6.36. The third-order valence-electron chi connectivity index (χ3n) is 1.38. The molecule has 64 valence electrons. The lowest BCUT2D eigenvalue weighted by Crippen LogP contribution is -1.75. The van der Waals surface area contributed by atoms with Crippen LogP contribution in [0.25, 0.3) is 10.2 Å². The summed E-state index contributed by atoms with van der Waals surface area (Å²) in [6.45, 7) is 0. The molecule has 1 aromatic carbocycles. The maximum atomic E-state index is 5.38. The van der Waals surface area contributed by atoms with Gasteiger partial charge in [-0.05, 0) is 24.1 Å². The first-order chi connectivity index (χ1) is 5.40. The molecule has 0 saturated carbocycles. The summed E-state index contributed by atoms with van der Waals surface area (Å²) in [7, 11) is 0. The number of hydrogen-bond acceptors (Lipinski definition) is 5. The smallest absolute Gasteiger partial charge is 0.165 e. The molecule has 0 aliphatic carbocycles. The predicted octanol–water partition coefficient (Wildman–Crippen LogP) is 2.42. The van der Waals surface area contributed by atoms with Crippen molar-refractivity contribution in [2.24, 2.45) is 5.14 Å². The van der Waals surface area contributed by atoms with Gasteiger partial charge in [-0.2, -0.15) is 0 Å². The molecule has 0 fully saturated rings. The summed E-state index contributed by atoms with van der Waals surface area (Å²) in [4.78, 5) is 4.29. The van der Waals surface area contributed by atoms with E-state index in [1.54, 1.807) is 11.3 Å². The first-order valence-corrected chi connectivity index (χ1v) is 4.82. The number of hydrogen-bond donors (Lipinski definition) is 2. The molecule has 2 aromatic rings. The van der Waals surface area contributed by atoms with Gasteiger partial charge in [0.25, 0.3) is 0 Å². The number of nitrogens with two attached hydrogens (primary N) is 1. The van der Waals surface area contributed by atoms with Crippen LogP contribution < -0.4 is 11.3 Å². The fourth-order valence-corrected chi connectivity index (χ4v) is 2.21. The minimum atomic E-state index is 0. The lowest BCUT2D eigenvalue weighted by atomic mass is 10.3. The SMILES string of the molecule is N.NSc1nc2ccccc2s1. The monoisotopic (exact) mass is 199 g/mol. The van der Waals surface area contributed by atoms with Gasteiger partial charge in [0.05, 0.1) is 10.2 Å². The van der Waals surface area contributed by atoms with Crippen LogP contribution >= 0.6 is 23.3 Å². The molecule has 0 radical (unpaired) electrons. The Kier molecular flexibility index (Phi) is 3.05. The molecule has 0 aliphatic heterocycles. The molecular weight excluding hydrogens is 190 g/mol. The molecule has 3 nitrogen and oxygen atoms in total. The molecule has 0 unspecified atom stereocenters. The average Bonchev–Trinajstić information content (AvgIpc) is 2.46. The second-order valence-electron chi connectivity index (χ2n) is 2.07. The van der Waals surface area contributed by atoms with Gasteiger partial charge < -0.3 is 6.15 Å². The first kappa shape index (κ1) is 9.47. The Morgan fingerprint density at radius 1 is 1.33 bits per heavy atom. The number of rotatable bonds is 1. The van der Waals surface area contributed by atoms with E-state index >= 15 is 0 Å². The van der Waals surface area contributed by atoms with Crippen LogP contribution in [0.5, 0.6) is 0 Å². The van der Waals surface area contributed by atoms with E-state index in [4.69, 9.17) is 5.14 Å². The standard InChI is InChI=1S/C7H6N2S2.H3N/c8-11-7-9-5-3-1-2-4-6(5)10-7;/h1-4H,8H2;1H3. The van der Waals surface area contributed by atoms with E-state index in [2.05, 4.69) is 4.98 Å². The van der Waals surface area contributed by atoms with Crippen molar-refractivity contribution >= 4 is 33.5 Å². The number of para-hydroxylation sites is 1. The molecule has 1 heterocycles. The van der Waals surface area contributed by atoms with Crippen LogP contribution in [0.2, 0.25) is 0 Å². The van der Waals surface area contributed by atoms with Gasteiger partial charge in [0.1, 0.15) is 0 Å². The third-order valence-corrected chi connectivity index (χ3v) is 3.04. The highest BCUT2D eigenvalue weighted by atomic mass is 32.2. The van der Waals surface area contributed by atoms with E-state index < -0.39 is 0 Å². The molecule has 2 rings (SSSR count). The normalized spacial score (nSPS) is 9.75. The molecule has 0 spiro atoms. The van der Waals surface area contributed by atoms with Gasteiger partial charge in [0, 0.05) is 0 Å². The van der Waals surface area contributed by atoms with Crippen LogP contribution in [0.3, 0.4) is 0 Å². The van der Waals surface area contributed by atoms with Crippen LogP contribution in [0, 0.1) is 0 Å². The van der Waals surface area contributed by atoms with Crippen LogP contribution in [0.1, 0.15) is 0 Å². The van der Waals surface area contributed by atoms with Crippen molar-refractivity contribution in [2.45, 2.75) is 4.34 Å². The Hall–Kier alpha value is -0.620. The molecule has 5 N–H and O–H groups in total. The van der Waals surface area contributed by atoms with Gasteiger partial charge in [-0.25, -0.2) is 4.98 Å². The van der Waals surface area contributed by atoms with Crippen molar-refractivity contribution < 1.29 is 0 Å². The summed E-state index contributed by atoms with van der Waals surface area (Å²) in [5, 5.41) is 5.38. The molecule has 1 aromatic heterocycles. The zero-order valence-corrected chi connectivity index (χ0v) is 7.99. The fraction of sp³-hybridized carbons (Fsp3) is 0. The van der Waals surface area contributed by atoms with E-state index in [0.717, 1.165) is 9.86 Å². The molecule has 12 heavy (non-hydrogen) atoms. The Morgan fingerprint density at radius 3 is 2.75 bits per heavy atom. The number of nitrogens with zero attached hydrogens (tertiary/aromatic N) is 1. The van der Waals surface area contributed by atoms with E-state index in [9.17, 15) is 0 Å². The lowest BCUT2D eigenvalue weighted by Gasteiger charge is -1.80. The summed E-state index contributed by atoms with van der Waals surface area (Å²) in [6, 6.07) is 8.02. The number of aromatic nitrogens is 1. The minimum absolute atomic E-state index is 0. The topological polar surface area (TPSA) is 73.9 Å². The minimum Gasteiger partial charge on any atom is -0.344 e. The lowest BCUT2D eigenvalue weighted by molar-refractivity contribution is 1.30.